The number of nitrogens with one attached hydrogen (secondary N) is 1. The molecule has 1 aliphatic carbocycles. The highest BCUT2D eigenvalue weighted by Crippen LogP contribution is 2.32. The van der Waals surface area contributed by atoms with Crippen LogP contribution in [0.3, 0.4) is 0 Å². The smallest absolute Gasteiger partial charge is 0.241 e. The molecular formula is C16H29N3OS. The first-order chi connectivity index (χ1) is 10.3. The Kier molecular flexibility index (Phi) is 5.46. The van der Waals surface area contributed by atoms with Crippen LogP contribution in [0.1, 0.15) is 39.0 Å². The molecule has 2 heterocycles. The predicted octanol–water partition coefficient (Wildman–Crippen LogP) is 1.76. The van der Waals surface area contributed by atoms with Crippen LogP contribution < -0.4 is 5.32 Å². The normalized spacial score (nSPS) is 32.2. The molecule has 5 heteroatoms. The van der Waals surface area contributed by atoms with Crippen LogP contribution in [0.25, 0.3) is 0 Å². The fourth-order valence-electron chi connectivity index (χ4n) is 3.98. The number of carbonyl (C=O) groups excluding carboxylic acids is 1. The minimum Gasteiger partial charge on any atom is -0.324 e. The molecule has 120 valence electrons. The molecule has 1 N–H and O–H groups in total. The zero-order valence-electron chi connectivity index (χ0n) is 13.2. The molecule has 3 fully saturated rings. The molecule has 2 saturated heterocycles. The maximum absolute atomic E-state index is 12.6. The van der Waals surface area contributed by atoms with E-state index in [2.05, 4.69) is 22.0 Å². The SMILES string of the molecule is CCC1NC(C2CCCC2)N(CCN2CCSCC2)C1=O. The highest BCUT2D eigenvalue weighted by molar-refractivity contribution is 7.99. The number of thioether (sulfide) groups is 1. The molecule has 0 radical (unpaired) electrons. The third kappa shape index (κ3) is 3.57. The molecule has 1 amide bonds. The monoisotopic (exact) mass is 311 g/mol. The van der Waals surface area contributed by atoms with Gasteiger partial charge in [0.05, 0.1) is 12.2 Å². The van der Waals surface area contributed by atoms with E-state index >= 15 is 0 Å². The van der Waals surface area contributed by atoms with Crippen LogP contribution in [-0.4, -0.2) is 65.6 Å². The van der Waals surface area contributed by atoms with Gasteiger partial charge in [-0.1, -0.05) is 19.8 Å². The average molecular weight is 311 g/mol. The summed E-state index contributed by atoms with van der Waals surface area (Å²) in [6.45, 7) is 6.45. The van der Waals surface area contributed by atoms with E-state index in [-0.39, 0.29) is 6.04 Å². The third-order valence-electron chi connectivity index (χ3n) is 5.30. The van der Waals surface area contributed by atoms with E-state index in [4.69, 9.17) is 0 Å². The van der Waals surface area contributed by atoms with Gasteiger partial charge >= 0.3 is 0 Å². The van der Waals surface area contributed by atoms with Crippen molar-refractivity contribution in [2.75, 3.05) is 37.7 Å². The van der Waals surface area contributed by atoms with Crippen molar-refractivity contribution in [3.63, 3.8) is 0 Å². The molecule has 3 aliphatic rings. The van der Waals surface area contributed by atoms with Crippen molar-refractivity contribution in [1.82, 2.24) is 15.1 Å². The summed E-state index contributed by atoms with van der Waals surface area (Å²) >= 11 is 2.05. The van der Waals surface area contributed by atoms with E-state index in [9.17, 15) is 4.79 Å². The molecule has 21 heavy (non-hydrogen) atoms. The molecule has 2 atom stereocenters. The van der Waals surface area contributed by atoms with Gasteiger partial charge in [-0.05, 0) is 25.2 Å². The number of carbonyl (C=O) groups is 1. The lowest BCUT2D eigenvalue weighted by Crippen LogP contribution is -2.46. The number of hydrogen-bond acceptors (Lipinski definition) is 4. The summed E-state index contributed by atoms with van der Waals surface area (Å²) in [5, 5.41) is 3.62. The first-order valence-electron chi connectivity index (χ1n) is 8.66. The predicted molar refractivity (Wildman–Crippen MR) is 88.4 cm³/mol. The molecule has 0 aromatic carbocycles. The molecule has 1 saturated carbocycles. The van der Waals surface area contributed by atoms with Crippen molar-refractivity contribution in [3.05, 3.63) is 0 Å². The Morgan fingerprint density at radius 2 is 1.90 bits per heavy atom. The Hall–Kier alpha value is -0.260. The molecule has 0 aromatic heterocycles. The van der Waals surface area contributed by atoms with Gasteiger partial charge in [0.15, 0.2) is 0 Å². The van der Waals surface area contributed by atoms with Gasteiger partial charge in [-0.25, -0.2) is 0 Å². The molecule has 2 aliphatic heterocycles. The summed E-state index contributed by atoms with van der Waals surface area (Å²) in [5.41, 5.74) is 0. The van der Waals surface area contributed by atoms with Gasteiger partial charge in [-0.15, -0.1) is 0 Å². The lowest BCUT2D eigenvalue weighted by molar-refractivity contribution is -0.130. The topological polar surface area (TPSA) is 35.6 Å². The van der Waals surface area contributed by atoms with Gasteiger partial charge in [-0.3, -0.25) is 15.0 Å². The highest BCUT2D eigenvalue weighted by atomic mass is 32.2. The lowest BCUT2D eigenvalue weighted by Gasteiger charge is -2.32. The first kappa shape index (κ1) is 15.6. The Morgan fingerprint density at radius 3 is 2.57 bits per heavy atom. The van der Waals surface area contributed by atoms with Crippen LogP contribution in [0.4, 0.5) is 0 Å². The standard InChI is InChI=1S/C16H29N3OS/c1-2-14-16(20)19(8-7-18-9-11-21-12-10-18)15(17-14)13-5-3-4-6-13/h13-15,17H,2-12H2,1H3. The van der Waals surface area contributed by atoms with Crippen LogP contribution in [0.15, 0.2) is 0 Å². The summed E-state index contributed by atoms with van der Waals surface area (Å²) in [6, 6.07) is 0.0625. The highest BCUT2D eigenvalue weighted by Gasteiger charge is 2.42. The number of amides is 1. The summed E-state index contributed by atoms with van der Waals surface area (Å²) in [5.74, 6) is 3.52. The fourth-order valence-corrected chi connectivity index (χ4v) is 4.96. The van der Waals surface area contributed by atoms with Gasteiger partial charge in [0.2, 0.25) is 5.91 Å². The van der Waals surface area contributed by atoms with Crippen LogP contribution in [-0.2, 0) is 4.79 Å². The Morgan fingerprint density at radius 1 is 1.19 bits per heavy atom. The fraction of sp³-hybridized carbons (Fsp3) is 0.938. The van der Waals surface area contributed by atoms with Gasteiger partial charge in [0.1, 0.15) is 0 Å². The summed E-state index contributed by atoms with van der Waals surface area (Å²) in [6.07, 6.45) is 6.48. The van der Waals surface area contributed by atoms with Gasteiger partial charge in [-0.2, -0.15) is 11.8 Å². The minimum absolute atomic E-state index is 0.0625. The van der Waals surface area contributed by atoms with E-state index in [1.54, 1.807) is 0 Å². The van der Waals surface area contributed by atoms with Crippen molar-refractivity contribution in [2.45, 2.75) is 51.2 Å². The Balaban J connectivity index is 1.59. The molecule has 3 rings (SSSR count). The zero-order chi connectivity index (χ0) is 14.7. The van der Waals surface area contributed by atoms with Crippen molar-refractivity contribution >= 4 is 17.7 Å². The molecule has 0 bridgehead atoms. The van der Waals surface area contributed by atoms with Crippen molar-refractivity contribution in [1.29, 1.82) is 0 Å². The second-order valence-corrected chi connectivity index (χ2v) is 7.83. The van der Waals surface area contributed by atoms with Crippen LogP contribution in [0.5, 0.6) is 0 Å². The van der Waals surface area contributed by atoms with E-state index in [0.717, 1.165) is 19.5 Å². The molecule has 2 unspecified atom stereocenters. The largest absolute Gasteiger partial charge is 0.324 e. The van der Waals surface area contributed by atoms with E-state index < -0.39 is 0 Å². The summed E-state index contributed by atoms with van der Waals surface area (Å²) in [7, 11) is 0. The van der Waals surface area contributed by atoms with Crippen molar-refractivity contribution < 1.29 is 4.79 Å². The van der Waals surface area contributed by atoms with Crippen molar-refractivity contribution in [3.8, 4) is 0 Å². The van der Waals surface area contributed by atoms with Crippen molar-refractivity contribution in [2.24, 2.45) is 5.92 Å². The van der Waals surface area contributed by atoms with E-state index in [1.165, 1.54) is 50.3 Å². The van der Waals surface area contributed by atoms with E-state index in [1.807, 2.05) is 11.8 Å². The molecular weight excluding hydrogens is 282 g/mol. The number of rotatable bonds is 5. The quantitative estimate of drug-likeness (QED) is 0.839. The van der Waals surface area contributed by atoms with Gasteiger partial charge in [0.25, 0.3) is 0 Å². The maximum Gasteiger partial charge on any atom is 0.241 e. The van der Waals surface area contributed by atoms with Crippen LogP contribution in [0, 0.1) is 5.92 Å². The molecule has 0 aromatic rings. The molecule has 0 spiro atoms. The van der Waals surface area contributed by atoms with E-state index in [0.29, 0.717) is 18.0 Å². The van der Waals surface area contributed by atoms with Gasteiger partial charge in [0, 0.05) is 37.7 Å². The van der Waals surface area contributed by atoms with Gasteiger partial charge < -0.3 is 4.90 Å². The zero-order valence-corrected chi connectivity index (χ0v) is 14.0. The van der Waals surface area contributed by atoms with Crippen LogP contribution >= 0.6 is 11.8 Å². The molecule has 4 nitrogen and oxygen atoms in total. The second-order valence-electron chi connectivity index (χ2n) is 6.60. The average Bonchev–Trinajstić information content (AvgIpc) is 3.14. The minimum atomic E-state index is 0.0625. The lowest BCUT2D eigenvalue weighted by atomic mass is 10.0. The number of nitrogens with zero attached hydrogens (tertiary/aromatic N) is 2. The Bertz CT molecular complexity index is 353. The Labute approximate surface area is 133 Å². The second kappa shape index (κ2) is 7.34. The summed E-state index contributed by atoms with van der Waals surface area (Å²) in [4.78, 5) is 17.3. The van der Waals surface area contributed by atoms with Crippen LogP contribution in [0.2, 0.25) is 0 Å². The maximum atomic E-state index is 12.6. The number of hydrogen-bond donors (Lipinski definition) is 1. The first-order valence-corrected chi connectivity index (χ1v) is 9.81. The third-order valence-corrected chi connectivity index (χ3v) is 6.25. The summed E-state index contributed by atoms with van der Waals surface area (Å²) < 4.78 is 0.